The Morgan fingerprint density at radius 3 is 2.91 bits per heavy atom. The van der Waals surface area contributed by atoms with E-state index in [0.717, 1.165) is 5.75 Å². The third-order valence-electron chi connectivity index (χ3n) is 2.04. The summed E-state index contributed by atoms with van der Waals surface area (Å²) in [5, 5.41) is 0.520. The molecule has 1 fully saturated rings. The number of rotatable bonds is 4. The second kappa shape index (κ2) is 5.20. The third-order valence-corrected chi connectivity index (χ3v) is 5.70. The van der Waals surface area contributed by atoms with Gasteiger partial charge in [-0.05, 0) is 12.8 Å². The molecule has 0 saturated carbocycles. The van der Waals surface area contributed by atoms with Crippen LogP contribution in [0.5, 0.6) is 0 Å². The molecule has 3 heteroatoms. The highest BCUT2D eigenvalue weighted by atomic mass is 33.1. The Bertz CT molecular complexity index is 136. The van der Waals surface area contributed by atoms with Crippen molar-refractivity contribution in [2.24, 2.45) is 0 Å². The quantitative estimate of drug-likeness (QED) is 0.503. The third kappa shape index (κ3) is 3.16. The van der Waals surface area contributed by atoms with Crippen LogP contribution in [-0.4, -0.2) is 15.2 Å². The van der Waals surface area contributed by atoms with E-state index in [1.165, 1.54) is 32.1 Å². The first kappa shape index (κ1) is 9.59. The van der Waals surface area contributed by atoms with E-state index in [9.17, 15) is 4.21 Å². The topological polar surface area (TPSA) is 17.1 Å². The lowest BCUT2D eigenvalue weighted by molar-refractivity contribution is 0.621. The molecule has 11 heavy (non-hydrogen) atoms. The number of hydrogen-bond donors (Lipinski definition) is 0. The highest BCUT2D eigenvalue weighted by Gasteiger charge is 2.22. The van der Waals surface area contributed by atoms with Gasteiger partial charge in [0.2, 0.25) is 0 Å². The Morgan fingerprint density at radius 1 is 1.55 bits per heavy atom. The minimum Gasteiger partial charge on any atom is -0.248 e. The molecule has 0 amide bonds. The van der Waals surface area contributed by atoms with Crippen molar-refractivity contribution in [3.8, 4) is 0 Å². The smallest absolute Gasteiger partial charge is 0.0835 e. The SMILES string of the molecule is CCCCCC1CCS[S@@]1=O. The van der Waals surface area contributed by atoms with Gasteiger partial charge >= 0.3 is 0 Å². The van der Waals surface area contributed by atoms with E-state index in [2.05, 4.69) is 6.92 Å². The highest BCUT2D eigenvalue weighted by molar-refractivity contribution is 8.69. The van der Waals surface area contributed by atoms with Gasteiger partial charge in [-0.3, -0.25) is 0 Å². The molecule has 0 bridgehead atoms. The maximum Gasteiger partial charge on any atom is 0.0835 e. The number of unbranched alkanes of at least 4 members (excludes halogenated alkanes) is 2. The zero-order valence-corrected chi connectivity index (χ0v) is 8.68. The molecular formula is C8H16OS2. The Morgan fingerprint density at radius 2 is 2.36 bits per heavy atom. The van der Waals surface area contributed by atoms with Crippen molar-refractivity contribution in [2.75, 3.05) is 5.75 Å². The minimum atomic E-state index is -0.547. The van der Waals surface area contributed by atoms with Gasteiger partial charge in [0.25, 0.3) is 0 Å². The summed E-state index contributed by atoms with van der Waals surface area (Å²) in [6.07, 6.45) is 6.22. The molecule has 0 aliphatic carbocycles. The van der Waals surface area contributed by atoms with Crippen molar-refractivity contribution < 1.29 is 4.21 Å². The lowest BCUT2D eigenvalue weighted by Gasteiger charge is -2.04. The molecule has 0 aromatic rings. The van der Waals surface area contributed by atoms with Gasteiger partial charge in [-0.15, -0.1) is 0 Å². The van der Waals surface area contributed by atoms with Crippen LogP contribution >= 0.6 is 10.8 Å². The molecule has 1 rings (SSSR count). The number of hydrogen-bond acceptors (Lipinski definition) is 2. The van der Waals surface area contributed by atoms with E-state index in [1.54, 1.807) is 10.8 Å². The summed E-state index contributed by atoms with van der Waals surface area (Å²) in [4.78, 5) is 0. The van der Waals surface area contributed by atoms with E-state index in [1.807, 2.05) is 0 Å². The van der Waals surface area contributed by atoms with Gasteiger partial charge < -0.3 is 0 Å². The zero-order valence-electron chi connectivity index (χ0n) is 7.04. The second-order valence-electron chi connectivity index (χ2n) is 2.99. The van der Waals surface area contributed by atoms with E-state index in [0.29, 0.717) is 5.25 Å². The maximum absolute atomic E-state index is 11.2. The van der Waals surface area contributed by atoms with E-state index < -0.39 is 9.83 Å². The van der Waals surface area contributed by atoms with Crippen LogP contribution in [0.2, 0.25) is 0 Å². The van der Waals surface area contributed by atoms with Crippen LogP contribution in [0, 0.1) is 0 Å². The first-order chi connectivity index (χ1) is 5.34. The van der Waals surface area contributed by atoms with E-state index in [-0.39, 0.29) is 0 Å². The first-order valence-corrected chi connectivity index (χ1v) is 7.10. The van der Waals surface area contributed by atoms with Crippen molar-refractivity contribution in [1.82, 2.24) is 0 Å². The molecule has 66 valence electrons. The molecule has 1 aliphatic heterocycles. The summed E-state index contributed by atoms with van der Waals surface area (Å²) in [5.41, 5.74) is 0. The van der Waals surface area contributed by atoms with E-state index in [4.69, 9.17) is 0 Å². The lowest BCUT2D eigenvalue weighted by Crippen LogP contribution is -2.05. The predicted octanol–water partition coefficient (Wildman–Crippen LogP) is 2.74. The fourth-order valence-electron chi connectivity index (χ4n) is 1.32. The summed E-state index contributed by atoms with van der Waals surface area (Å²) in [6.45, 7) is 2.21. The van der Waals surface area contributed by atoms with Crippen LogP contribution in [-0.2, 0) is 9.83 Å². The van der Waals surface area contributed by atoms with Crippen molar-refractivity contribution in [1.29, 1.82) is 0 Å². The zero-order chi connectivity index (χ0) is 8.10. The fourth-order valence-corrected chi connectivity index (χ4v) is 4.81. The van der Waals surface area contributed by atoms with Crippen molar-refractivity contribution >= 4 is 20.6 Å². The van der Waals surface area contributed by atoms with Crippen molar-refractivity contribution in [3.05, 3.63) is 0 Å². The monoisotopic (exact) mass is 192 g/mol. The molecule has 1 unspecified atom stereocenters. The first-order valence-electron chi connectivity index (χ1n) is 4.38. The molecule has 2 atom stereocenters. The highest BCUT2D eigenvalue weighted by Crippen LogP contribution is 2.29. The Hall–Kier alpha value is 0.500. The lowest BCUT2D eigenvalue weighted by atomic mass is 10.1. The molecular weight excluding hydrogens is 176 g/mol. The average Bonchev–Trinajstić information content (AvgIpc) is 2.37. The van der Waals surface area contributed by atoms with Crippen molar-refractivity contribution in [3.63, 3.8) is 0 Å². The predicted molar refractivity (Wildman–Crippen MR) is 53.1 cm³/mol. The van der Waals surface area contributed by atoms with Gasteiger partial charge in [-0.1, -0.05) is 37.0 Å². The van der Waals surface area contributed by atoms with Gasteiger partial charge in [0.05, 0.1) is 9.83 Å². The van der Waals surface area contributed by atoms with Gasteiger partial charge in [-0.2, -0.15) is 0 Å². The molecule has 0 aromatic heterocycles. The molecule has 1 nitrogen and oxygen atoms in total. The van der Waals surface area contributed by atoms with E-state index >= 15 is 0 Å². The maximum atomic E-state index is 11.2. The van der Waals surface area contributed by atoms with Crippen LogP contribution in [0.4, 0.5) is 0 Å². The van der Waals surface area contributed by atoms with Gasteiger partial charge in [0.1, 0.15) is 0 Å². The summed E-state index contributed by atoms with van der Waals surface area (Å²) in [6, 6.07) is 0. The Balaban J connectivity index is 2.10. The molecule has 1 heterocycles. The summed E-state index contributed by atoms with van der Waals surface area (Å²) < 4.78 is 11.2. The molecule has 0 spiro atoms. The summed E-state index contributed by atoms with van der Waals surface area (Å²) in [5.74, 6) is 1.11. The van der Waals surface area contributed by atoms with Gasteiger partial charge in [-0.25, -0.2) is 4.21 Å². The van der Waals surface area contributed by atoms with Crippen molar-refractivity contribution in [2.45, 2.75) is 44.3 Å². The fraction of sp³-hybridized carbons (Fsp3) is 1.00. The van der Waals surface area contributed by atoms with Crippen LogP contribution in [0.15, 0.2) is 0 Å². The van der Waals surface area contributed by atoms with Gasteiger partial charge in [0.15, 0.2) is 0 Å². The standard InChI is InChI=1S/C8H16OS2/c1-2-3-4-5-8-6-7-10-11(8)9/h8H,2-7H2,1H3/t8?,11-/m0/s1. The van der Waals surface area contributed by atoms with Crippen LogP contribution in [0.1, 0.15) is 39.0 Å². The van der Waals surface area contributed by atoms with Crippen LogP contribution in [0.25, 0.3) is 0 Å². The van der Waals surface area contributed by atoms with Crippen LogP contribution < -0.4 is 0 Å². The molecule has 1 aliphatic rings. The molecule has 0 aromatic carbocycles. The summed E-state index contributed by atoms with van der Waals surface area (Å²) in [7, 11) is 1.09. The second-order valence-corrected chi connectivity index (χ2v) is 6.51. The largest absolute Gasteiger partial charge is 0.248 e. The average molecular weight is 192 g/mol. The molecule has 0 N–H and O–H groups in total. The van der Waals surface area contributed by atoms with Crippen LogP contribution in [0.3, 0.4) is 0 Å². The molecule has 1 saturated heterocycles. The van der Waals surface area contributed by atoms with Gasteiger partial charge in [0, 0.05) is 11.0 Å². The molecule has 0 radical (unpaired) electrons. The normalized spacial score (nSPS) is 31.0. The Labute approximate surface area is 75.2 Å². The summed E-state index contributed by atoms with van der Waals surface area (Å²) >= 11 is 0. The Kier molecular flexibility index (Phi) is 4.53. The minimum absolute atomic E-state index is 0.520.